The summed E-state index contributed by atoms with van der Waals surface area (Å²) >= 11 is 0. The van der Waals surface area contributed by atoms with Gasteiger partial charge >= 0.3 is 0 Å². The highest BCUT2D eigenvalue weighted by Crippen LogP contribution is 2.39. The summed E-state index contributed by atoms with van der Waals surface area (Å²) in [6, 6.07) is 10.2. The van der Waals surface area contributed by atoms with E-state index in [9.17, 15) is 9.59 Å². The molecule has 2 atom stereocenters. The van der Waals surface area contributed by atoms with Crippen LogP contribution in [-0.4, -0.2) is 61.1 Å². The number of benzene rings is 2. The molecule has 1 N–H and O–H groups in total. The Morgan fingerprint density at radius 2 is 1.77 bits per heavy atom. The van der Waals surface area contributed by atoms with Crippen LogP contribution < -0.4 is 19.7 Å². The predicted octanol–water partition coefficient (Wildman–Crippen LogP) is 4.88. The molecular weight excluding hydrogens is 496 g/mol. The van der Waals surface area contributed by atoms with Crippen molar-refractivity contribution >= 4 is 45.2 Å². The number of carbonyl (C=O) groups excluding carboxylic acids is 2. The number of carbonyl (C=O) groups is 2. The number of ketones is 2. The molecule has 0 radical (unpaired) electrons. The van der Waals surface area contributed by atoms with Crippen molar-refractivity contribution in [3.05, 3.63) is 60.5 Å². The van der Waals surface area contributed by atoms with Crippen LogP contribution >= 0.6 is 0 Å². The number of hydrogen-bond acceptors (Lipinski definition) is 9. The lowest BCUT2D eigenvalue weighted by molar-refractivity contribution is -0.113. The standard InChI is InChI=1S/C30H32N4O5/c1-18-5-6-19(2)34(18)26-9-7-20(13-22(26)23-14-21(35)8-10-27(23)36)33-30-24-15-28(38-4)29(39-12-11-37-3)16-25(24)31-17-32-30/h7-10,13-19H,5-6,11-12H2,1-4H3,(H,31,32,33). The summed E-state index contributed by atoms with van der Waals surface area (Å²) in [5, 5.41) is 4.13. The molecule has 1 aromatic heterocycles. The lowest BCUT2D eigenvalue weighted by Gasteiger charge is -2.31. The minimum Gasteiger partial charge on any atom is -0.493 e. The van der Waals surface area contributed by atoms with Gasteiger partial charge in [-0.05, 0) is 69.2 Å². The Hall–Kier alpha value is -4.24. The SMILES string of the molecule is COCCOc1cc2ncnc(Nc3ccc(N4C(C)CCC4C)c(C4=CC(=O)C=CC4=O)c3)c2cc1OC. The van der Waals surface area contributed by atoms with Gasteiger partial charge in [0.15, 0.2) is 23.1 Å². The molecule has 1 aliphatic carbocycles. The average Bonchev–Trinajstić information content (AvgIpc) is 3.27. The Morgan fingerprint density at radius 3 is 2.51 bits per heavy atom. The second-order valence-electron chi connectivity index (χ2n) is 9.78. The normalized spacial score (nSPS) is 19.0. The Bertz CT molecular complexity index is 1470. The third-order valence-corrected chi connectivity index (χ3v) is 7.20. The van der Waals surface area contributed by atoms with Crippen molar-refractivity contribution in [3.8, 4) is 11.5 Å². The van der Waals surface area contributed by atoms with Crippen molar-refractivity contribution in [2.45, 2.75) is 38.8 Å². The fourth-order valence-electron chi connectivity index (χ4n) is 5.25. The first kappa shape index (κ1) is 26.4. The quantitative estimate of drug-likeness (QED) is 0.308. The van der Waals surface area contributed by atoms with E-state index in [4.69, 9.17) is 14.2 Å². The number of methoxy groups -OCH3 is 2. The van der Waals surface area contributed by atoms with E-state index in [0.29, 0.717) is 59.3 Å². The van der Waals surface area contributed by atoms with E-state index < -0.39 is 0 Å². The van der Waals surface area contributed by atoms with E-state index in [1.54, 1.807) is 14.2 Å². The number of hydrogen-bond donors (Lipinski definition) is 1. The molecule has 0 bridgehead atoms. The molecule has 2 unspecified atom stereocenters. The topological polar surface area (TPSA) is 103 Å². The first-order chi connectivity index (χ1) is 18.9. The molecule has 5 rings (SSSR count). The van der Waals surface area contributed by atoms with E-state index in [1.807, 2.05) is 30.3 Å². The molecule has 1 aliphatic heterocycles. The highest BCUT2D eigenvalue weighted by molar-refractivity contribution is 6.34. The molecule has 9 nitrogen and oxygen atoms in total. The van der Waals surface area contributed by atoms with Crippen molar-refractivity contribution in [1.82, 2.24) is 9.97 Å². The second kappa shape index (κ2) is 11.2. The van der Waals surface area contributed by atoms with Gasteiger partial charge in [-0.15, -0.1) is 0 Å². The van der Waals surface area contributed by atoms with Crippen LogP contribution in [-0.2, 0) is 14.3 Å². The maximum atomic E-state index is 12.9. The van der Waals surface area contributed by atoms with Crippen LogP contribution in [0.3, 0.4) is 0 Å². The van der Waals surface area contributed by atoms with Gasteiger partial charge in [-0.1, -0.05) is 0 Å². The number of fused-ring (bicyclic) bond motifs is 1. The predicted molar refractivity (Wildman–Crippen MR) is 151 cm³/mol. The second-order valence-corrected chi connectivity index (χ2v) is 9.78. The Balaban J connectivity index is 1.55. The molecular formula is C30H32N4O5. The number of ether oxygens (including phenoxy) is 3. The number of aromatic nitrogens is 2. The summed E-state index contributed by atoms with van der Waals surface area (Å²) in [6.45, 7) is 5.21. The molecule has 0 spiro atoms. The zero-order chi connectivity index (χ0) is 27.5. The maximum Gasteiger partial charge on any atom is 0.186 e. The van der Waals surface area contributed by atoms with E-state index >= 15 is 0 Å². The van der Waals surface area contributed by atoms with Crippen molar-refractivity contribution in [3.63, 3.8) is 0 Å². The lowest BCUT2D eigenvalue weighted by Crippen LogP contribution is -2.33. The minimum atomic E-state index is -0.200. The Labute approximate surface area is 227 Å². The molecule has 1 fully saturated rings. The minimum absolute atomic E-state index is 0.189. The van der Waals surface area contributed by atoms with Crippen LogP contribution in [0.25, 0.3) is 16.5 Å². The Morgan fingerprint density at radius 1 is 0.974 bits per heavy atom. The highest BCUT2D eigenvalue weighted by atomic mass is 16.5. The van der Waals surface area contributed by atoms with Crippen molar-refractivity contribution in [2.24, 2.45) is 0 Å². The molecule has 2 heterocycles. The highest BCUT2D eigenvalue weighted by Gasteiger charge is 2.31. The summed E-state index contributed by atoms with van der Waals surface area (Å²) < 4.78 is 16.4. The number of allylic oxidation sites excluding steroid dienone is 4. The number of nitrogens with one attached hydrogen (secondary N) is 1. The molecule has 0 amide bonds. The van der Waals surface area contributed by atoms with Gasteiger partial charge in [0.2, 0.25) is 0 Å². The zero-order valence-corrected chi connectivity index (χ0v) is 22.6. The zero-order valence-electron chi connectivity index (χ0n) is 22.6. The third-order valence-electron chi connectivity index (χ3n) is 7.20. The van der Waals surface area contributed by atoms with Crippen LogP contribution in [0.2, 0.25) is 0 Å². The van der Waals surface area contributed by atoms with Gasteiger partial charge in [-0.3, -0.25) is 9.59 Å². The van der Waals surface area contributed by atoms with Crippen LogP contribution in [0.15, 0.2) is 54.9 Å². The molecule has 9 heteroatoms. The number of rotatable bonds is 9. The van der Waals surface area contributed by atoms with Gasteiger partial charge < -0.3 is 24.4 Å². The lowest BCUT2D eigenvalue weighted by atomic mass is 9.93. The third kappa shape index (κ3) is 5.35. The summed E-state index contributed by atoms with van der Waals surface area (Å²) in [6.07, 6.45) is 7.69. The van der Waals surface area contributed by atoms with Crippen molar-refractivity contribution in [2.75, 3.05) is 37.7 Å². The van der Waals surface area contributed by atoms with Crippen molar-refractivity contribution in [1.29, 1.82) is 0 Å². The fraction of sp³-hybridized carbons (Fsp3) is 0.333. The largest absolute Gasteiger partial charge is 0.493 e. The first-order valence-corrected chi connectivity index (χ1v) is 13.0. The van der Waals surface area contributed by atoms with E-state index in [2.05, 4.69) is 34.0 Å². The summed E-state index contributed by atoms with van der Waals surface area (Å²) in [7, 11) is 3.20. The average molecular weight is 529 g/mol. The smallest absolute Gasteiger partial charge is 0.186 e. The monoisotopic (exact) mass is 528 g/mol. The molecule has 2 aliphatic rings. The van der Waals surface area contributed by atoms with Crippen LogP contribution in [0, 0.1) is 0 Å². The number of anilines is 3. The summed E-state index contributed by atoms with van der Waals surface area (Å²) in [5.74, 6) is 1.29. The van der Waals surface area contributed by atoms with Gasteiger partial charge in [0, 0.05) is 53.2 Å². The molecule has 1 saturated heterocycles. The van der Waals surface area contributed by atoms with E-state index in [1.165, 1.54) is 24.6 Å². The first-order valence-electron chi connectivity index (χ1n) is 13.0. The Kier molecular flexibility index (Phi) is 7.60. The maximum absolute atomic E-state index is 12.9. The van der Waals surface area contributed by atoms with Gasteiger partial charge in [0.05, 0.1) is 19.2 Å². The van der Waals surface area contributed by atoms with Gasteiger partial charge in [-0.2, -0.15) is 0 Å². The molecule has 0 saturated carbocycles. The van der Waals surface area contributed by atoms with E-state index in [0.717, 1.165) is 29.6 Å². The van der Waals surface area contributed by atoms with Crippen LogP contribution in [0.4, 0.5) is 17.2 Å². The molecule has 39 heavy (non-hydrogen) atoms. The molecule has 3 aromatic rings. The van der Waals surface area contributed by atoms with Gasteiger partial charge in [0.1, 0.15) is 18.8 Å². The number of nitrogens with zero attached hydrogens (tertiary/aromatic N) is 3. The fourth-order valence-corrected chi connectivity index (χ4v) is 5.25. The summed E-state index contributed by atoms with van der Waals surface area (Å²) in [4.78, 5) is 36.4. The van der Waals surface area contributed by atoms with E-state index in [-0.39, 0.29) is 11.6 Å². The van der Waals surface area contributed by atoms with Crippen molar-refractivity contribution < 1.29 is 23.8 Å². The summed E-state index contributed by atoms with van der Waals surface area (Å²) in [5.41, 5.74) is 3.45. The van der Waals surface area contributed by atoms with Crippen LogP contribution in [0.1, 0.15) is 32.3 Å². The molecule has 2 aromatic carbocycles. The van der Waals surface area contributed by atoms with Gasteiger partial charge in [-0.25, -0.2) is 9.97 Å². The van der Waals surface area contributed by atoms with Gasteiger partial charge in [0.25, 0.3) is 0 Å². The molecule has 202 valence electrons. The van der Waals surface area contributed by atoms with Crippen LogP contribution in [0.5, 0.6) is 11.5 Å².